The van der Waals surface area contributed by atoms with Gasteiger partial charge in [0, 0.05) is 24.6 Å². The monoisotopic (exact) mass is 395 g/mol. The molecule has 2 aromatic rings. The third-order valence-corrected chi connectivity index (χ3v) is 5.20. The van der Waals surface area contributed by atoms with Crippen LogP contribution in [0.25, 0.3) is 0 Å². The van der Waals surface area contributed by atoms with Crippen molar-refractivity contribution < 1.29 is 19.4 Å². The molecule has 138 valence electrons. The Labute approximate surface area is 161 Å². The van der Waals surface area contributed by atoms with E-state index in [1.807, 2.05) is 12.1 Å². The first kappa shape index (κ1) is 19.0. The van der Waals surface area contributed by atoms with E-state index in [1.165, 1.54) is 13.2 Å². The zero-order chi connectivity index (χ0) is 18.7. The Morgan fingerprint density at radius 3 is 2.77 bits per heavy atom. The van der Waals surface area contributed by atoms with Gasteiger partial charge >= 0.3 is 5.97 Å². The van der Waals surface area contributed by atoms with Crippen molar-refractivity contribution in [1.29, 1.82) is 0 Å². The van der Waals surface area contributed by atoms with Crippen LogP contribution in [0.4, 0.5) is 0 Å². The summed E-state index contributed by atoms with van der Waals surface area (Å²) in [6.45, 7) is 1.85. The van der Waals surface area contributed by atoms with Crippen molar-refractivity contribution in [1.82, 2.24) is 5.32 Å². The Bertz CT molecular complexity index is 812. The van der Waals surface area contributed by atoms with Crippen LogP contribution in [0.1, 0.15) is 33.5 Å². The number of halogens is 2. The summed E-state index contributed by atoms with van der Waals surface area (Å²) in [4.78, 5) is 11.6. The summed E-state index contributed by atoms with van der Waals surface area (Å²) in [7, 11) is 1.48. The highest BCUT2D eigenvalue weighted by Crippen LogP contribution is 2.41. The summed E-state index contributed by atoms with van der Waals surface area (Å²) in [6.07, 6.45) is -0.308. The van der Waals surface area contributed by atoms with Crippen LogP contribution in [0.5, 0.6) is 5.75 Å². The van der Waals surface area contributed by atoms with Gasteiger partial charge in [-0.3, -0.25) is 0 Å². The summed E-state index contributed by atoms with van der Waals surface area (Å²) >= 11 is 12.2. The van der Waals surface area contributed by atoms with Crippen molar-refractivity contribution in [2.75, 3.05) is 26.8 Å². The third-order valence-electron chi connectivity index (χ3n) is 4.46. The molecule has 0 radical (unpaired) electrons. The molecule has 1 heterocycles. The van der Waals surface area contributed by atoms with Crippen LogP contribution in [0.3, 0.4) is 0 Å². The molecule has 5 nitrogen and oxygen atoms in total. The highest BCUT2D eigenvalue weighted by Gasteiger charge is 2.31. The number of aromatic carboxylic acids is 1. The number of carboxylic acids is 1. The first-order chi connectivity index (χ1) is 12.5. The van der Waals surface area contributed by atoms with Gasteiger partial charge in [-0.05, 0) is 23.8 Å². The van der Waals surface area contributed by atoms with Gasteiger partial charge in [-0.2, -0.15) is 0 Å². The Balaban J connectivity index is 2.09. The summed E-state index contributed by atoms with van der Waals surface area (Å²) in [5.41, 5.74) is 1.79. The van der Waals surface area contributed by atoms with Gasteiger partial charge in [0.25, 0.3) is 0 Å². The van der Waals surface area contributed by atoms with Gasteiger partial charge in [0.15, 0.2) is 0 Å². The Kier molecular flexibility index (Phi) is 6.04. The molecule has 0 spiro atoms. The number of hydrogen-bond acceptors (Lipinski definition) is 4. The van der Waals surface area contributed by atoms with Crippen LogP contribution >= 0.6 is 23.2 Å². The van der Waals surface area contributed by atoms with E-state index < -0.39 is 5.97 Å². The van der Waals surface area contributed by atoms with Crippen LogP contribution in [0.15, 0.2) is 36.4 Å². The fourth-order valence-electron chi connectivity index (χ4n) is 3.27. The van der Waals surface area contributed by atoms with Gasteiger partial charge in [-0.1, -0.05) is 41.4 Å². The topological polar surface area (TPSA) is 67.8 Å². The van der Waals surface area contributed by atoms with E-state index in [4.69, 9.17) is 32.7 Å². The second-order valence-electron chi connectivity index (χ2n) is 6.01. The molecule has 26 heavy (non-hydrogen) atoms. The molecule has 1 saturated heterocycles. The fourth-order valence-corrected chi connectivity index (χ4v) is 3.58. The lowest BCUT2D eigenvalue weighted by Crippen LogP contribution is -2.24. The zero-order valence-corrected chi connectivity index (χ0v) is 15.7. The predicted molar refractivity (Wildman–Crippen MR) is 101 cm³/mol. The van der Waals surface area contributed by atoms with Gasteiger partial charge in [-0.25, -0.2) is 4.79 Å². The second-order valence-corrected chi connectivity index (χ2v) is 6.82. The molecular formula is C19H19Cl2NO4. The van der Waals surface area contributed by atoms with Crippen molar-refractivity contribution in [3.05, 3.63) is 63.1 Å². The van der Waals surface area contributed by atoms with Crippen LogP contribution in [-0.2, 0) is 4.74 Å². The molecule has 7 heteroatoms. The number of carboxylic acid groups (broad SMARTS) is 1. The molecule has 1 fully saturated rings. The van der Waals surface area contributed by atoms with E-state index in [1.54, 1.807) is 18.2 Å². The van der Waals surface area contributed by atoms with Crippen molar-refractivity contribution in [3.63, 3.8) is 0 Å². The smallest absolute Gasteiger partial charge is 0.339 e. The maximum absolute atomic E-state index is 11.6. The van der Waals surface area contributed by atoms with Crippen LogP contribution in [-0.4, -0.2) is 37.9 Å². The first-order valence-corrected chi connectivity index (χ1v) is 8.96. The van der Waals surface area contributed by atoms with Crippen molar-refractivity contribution in [3.8, 4) is 5.75 Å². The first-order valence-electron chi connectivity index (χ1n) is 8.20. The van der Waals surface area contributed by atoms with Crippen molar-refractivity contribution in [2.24, 2.45) is 0 Å². The lowest BCUT2D eigenvalue weighted by atomic mass is 9.87. The van der Waals surface area contributed by atoms with Crippen molar-refractivity contribution >= 4 is 29.2 Å². The van der Waals surface area contributed by atoms with E-state index in [0.717, 1.165) is 11.1 Å². The normalized spacial score (nSPS) is 20.4. The molecule has 2 unspecified atom stereocenters. The maximum Gasteiger partial charge on any atom is 0.339 e. The summed E-state index contributed by atoms with van der Waals surface area (Å²) in [6, 6.07) is 10.5. The Morgan fingerprint density at radius 1 is 1.27 bits per heavy atom. The molecule has 0 amide bonds. The number of carbonyl (C=O) groups is 1. The van der Waals surface area contributed by atoms with Crippen LogP contribution in [0.2, 0.25) is 10.0 Å². The van der Waals surface area contributed by atoms with Gasteiger partial charge in [0.1, 0.15) is 11.3 Å². The number of rotatable bonds is 4. The third kappa shape index (κ3) is 3.81. The Morgan fingerprint density at radius 2 is 2.08 bits per heavy atom. The number of ether oxygens (including phenoxy) is 2. The number of hydrogen-bond donors (Lipinski definition) is 2. The van der Waals surface area contributed by atoms with Crippen molar-refractivity contribution in [2.45, 2.75) is 12.0 Å². The molecular weight excluding hydrogens is 377 g/mol. The molecule has 2 atom stereocenters. The van der Waals surface area contributed by atoms with E-state index >= 15 is 0 Å². The zero-order valence-electron chi connectivity index (χ0n) is 14.2. The number of nitrogens with one attached hydrogen (secondary N) is 1. The standard InChI is InChI=1S/C19H19Cl2NO4/c1-25-18-12(3-2-4-13(18)19(23)24)14-10-22-7-8-26-17(14)11-5-6-15(20)16(21)9-11/h2-6,9,14,17,22H,7-8,10H2,1H3,(H,23,24). The van der Waals surface area contributed by atoms with E-state index in [2.05, 4.69) is 5.32 Å². The molecule has 0 saturated carbocycles. The number of benzene rings is 2. The van der Waals surface area contributed by atoms with Gasteiger partial charge in [0.05, 0.1) is 29.9 Å². The predicted octanol–water partition coefficient (Wildman–Crippen LogP) is 4.14. The SMILES string of the molecule is COc1c(C(=O)O)cccc1C1CNCCOC1c1ccc(Cl)c(Cl)c1. The quantitative estimate of drug-likeness (QED) is 0.813. The van der Waals surface area contributed by atoms with E-state index in [9.17, 15) is 9.90 Å². The molecule has 2 N–H and O–H groups in total. The second kappa shape index (κ2) is 8.27. The number of para-hydroxylation sites is 1. The van der Waals surface area contributed by atoms with E-state index in [0.29, 0.717) is 35.5 Å². The van der Waals surface area contributed by atoms with Crippen LogP contribution < -0.4 is 10.1 Å². The molecule has 0 aromatic heterocycles. The minimum atomic E-state index is -1.03. The maximum atomic E-state index is 11.6. The minimum absolute atomic E-state index is 0.127. The molecule has 0 bridgehead atoms. The largest absolute Gasteiger partial charge is 0.496 e. The van der Waals surface area contributed by atoms with Gasteiger partial charge in [0.2, 0.25) is 0 Å². The summed E-state index contributed by atoms with van der Waals surface area (Å²) in [5.74, 6) is -0.830. The highest BCUT2D eigenvalue weighted by atomic mass is 35.5. The van der Waals surface area contributed by atoms with Crippen LogP contribution in [0, 0.1) is 0 Å². The number of methoxy groups -OCH3 is 1. The summed E-state index contributed by atoms with van der Waals surface area (Å²) < 4.78 is 11.5. The highest BCUT2D eigenvalue weighted by molar-refractivity contribution is 6.42. The molecule has 3 rings (SSSR count). The lowest BCUT2D eigenvalue weighted by Gasteiger charge is -2.27. The lowest BCUT2D eigenvalue weighted by molar-refractivity contribution is 0.0508. The van der Waals surface area contributed by atoms with Gasteiger partial charge in [-0.15, -0.1) is 0 Å². The molecule has 2 aromatic carbocycles. The average Bonchev–Trinajstić information content (AvgIpc) is 2.89. The minimum Gasteiger partial charge on any atom is -0.496 e. The summed E-state index contributed by atoms with van der Waals surface area (Å²) in [5, 5.41) is 13.7. The molecule has 0 aliphatic carbocycles. The molecule has 1 aliphatic heterocycles. The molecule has 1 aliphatic rings. The van der Waals surface area contributed by atoms with Gasteiger partial charge < -0.3 is 19.9 Å². The average molecular weight is 396 g/mol. The fraction of sp³-hybridized carbons (Fsp3) is 0.316. The Hall–Kier alpha value is -1.79. The van der Waals surface area contributed by atoms with E-state index in [-0.39, 0.29) is 17.6 Å².